The molecule has 2 aromatic carbocycles. The summed E-state index contributed by atoms with van der Waals surface area (Å²) in [5, 5.41) is 0. The lowest BCUT2D eigenvalue weighted by atomic mass is 9.82. The van der Waals surface area contributed by atoms with Gasteiger partial charge in [-0.15, -0.1) is 0 Å². The molecule has 0 N–H and O–H groups in total. The average Bonchev–Trinajstić information content (AvgIpc) is 3.38. The predicted octanol–water partition coefficient (Wildman–Crippen LogP) is 5.35. The van der Waals surface area contributed by atoms with Gasteiger partial charge in [0.2, 0.25) is 0 Å². The molecule has 6 atom stereocenters. The highest BCUT2D eigenvalue weighted by Gasteiger charge is 2.65. The van der Waals surface area contributed by atoms with E-state index in [4.69, 9.17) is 14.2 Å². The molecule has 2 saturated carbocycles. The average molecular weight is 462 g/mol. The Kier molecular flexibility index (Phi) is 5.81. The number of β-lactam (4-membered cyclic amide) rings is 1. The van der Waals surface area contributed by atoms with E-state index < -0.39 is 6.10 Å². The van der Waals surface area contributed by atoms with Gasteiger partial charge in [0, 0.05) is 12.8 Å². The van der Waals surface area contributed by atoms with Gasteiger partial charge in [-0.05, 0) is 66.8 Å². The fraction of sp³-hybridized carbons (Fsp3) is 0.483. The Morgan fingerprint density at radius 3 is 2.32 bits per heavy atom. The zero-order chi connectivity index (χ0) is 24.1. The quantitative estimate of drug-likeness (QED) is 0.522. The summed E-state index contributed by atoms with van der Waals surface area (Å²) in [5.74, 6) is 2.05. The second kappa shape index (κ2) is 8.54. The first-order chi connectivity index (χ1) is 16.3. The molecule has 3 aliphatic rings. The minimum Gasteiger partial charge on any atom is -0.497 e. The molecule has 2 aliphatic carbocycles. The van der Waals surface area contributed by atoms with E-state index in [-0.39, 0.29) is 23.7 Å². The molecule has 0 spiro atoms. The van der Waals surface area contributed by atoms with Gasteiger partial charge in [-0.25, -0.2) is 0 Å². The molecule has 1 amide bonds. The normalized spacial score (nSPS) is 34.0. The van der Waals surface area contributed by atoms with Gasteiger partial charge >= 0.3 is 0 Å². The molecule has 0 bridgehead atoms. The zero-order valence-electron chi connectivity index (χ0n) is 20.7. The van der Waals surface area contributed by atoms with E-state index >= 15 is 0 Å². The van der Waals surface area contributed by atoms with Crippen LogP contribution >= 0.6 is 0 Å². The lowest BCUT2D eigenvalue weighted by Crippen LogP contribution is -2.67. The first kappa shape index (κ1) is 23.1. The van der Waals surface area contributed by atoms with Gasteiger partial charge in [-0.1, -0.05) is 56.3 Å². The fourth-order valence-corrected chi connectivity index (χ4v) is 6.00. The van der Waals surface area contributed by atoms with Crippen molar-refractivity contribution in [2.75, 3.05) is 19.1 Å². The highest BCUT2D eigenvalue weighted by molar-refractivity contribution is 6.05. The van der Waals surface area contributed by atoms with Crippen LogP contribution in [0.1, 0.15) is 39.2 Å². The van der Waals surface area contributed by atoms with Crippen molar-refractivity contribution in [2.45, 2.75) is 57.5 Å². The largest absolute Gasteiger partial charge is 0.497 e. The van der Waals surface area contributed by atoms with Crippen molar-refractivity contribution in [3.8, 4) is 5.75 Å². The lowest BCUT2D eigenvalue weighted by molar-refractivity contribution is -0.181. The van der Waals surface area contributed by atoms with Gasteiger partial charge in [-0.3, -0.25) is 9.69 Å². The third-order valence-electron chi connectivity index (χ3n) is 8.56. The standard InChI is InChI=1S/C29H35NO4/c1-28(2)22-17-25(29(3,33-5)18-23(22)28)34-26-24(16-11-19-9-7-6-8-10-19)30(27(26)31)20-12-14-21(32-4)15-13-20/h6-16,22-26H,17-18H2,1-5H3/b16-11+/t22-,23+,24-,25-,26+,29-/m1/s1. The molecular formula is C29H35NO4. The smallest absolute Gasteiger partial charge is 0.259 e. The predicted molar refractivity (Wildman–Crippen MR) is 134 cm³/mol. The molecule has 180 valence electrons. The number of amides is 1. The van der Waals surface area contributed by atoms with Crippen LogP contribution in [-0.2, 0) is 14.3 Å². The molecule has 34 heavy (non-hydrogen) atoms. The van der Waals surface area contributed by atoms with Crippen LogP contribution < -0.4 is 9.64 Å². The fourth-order valence-electron chi connectivity index (χ4n) is 6.00. The second-order valence-corrected chi connectivity index (χ2v) is 10.7. The van der Waals surface area contributed by atoms with E-state index in [9.17, 15) is 4.79 Å². The van der Waals surface area contributed by atoms with Crippen LogP contribution in [0.2, 0.25) is 0 Å². The van der Waals surface area contributed by atoms with Gasteiger partial charge in [-0.2, -0.15) is 0 Å². The topological polar surface area (TPSA) is 48.0 Å². The van der Waals surface area contributed by atoms with E-state index in [1.54, 1.807) is 14.2 Å². The zero-order valence-corrected chi connectivity index (χ0v) is 20.7. The summed E-state index contributed by atoms with van der Waals surface area (Å²) in [6, 6.07) is 17.6. The highest BCUT2D eigenvalue weighted by Crippen LogP contribution is 2.67. The van der Waals surface area contributed by atoms with Crippen LogP contribution in [0, 0.1) is 17.3 Å². The van der Waals surface area contributed by atoms with Gasteiger partial charge < -0.3 is 14.2 Å². The maximum absolute atomic E-state index is 13.4. The van der Waals surface area contributed by atoms with Crippen LogP contribution in [0.15, 0.2) is 60.7 Å². The SMILES string of the molecule is COc1ccc(N2C(=O)[C@@H](O[C@@H]3C[C@@H]4[C@H](C[C@@]3(C)OC)C4(C)C)[C@H]2/C=C/c2ccccc2)cc1. The summed E-state index contributed by atoms with van der Waals surface area (Å²) >= 11 is 0. The molecule has 1 heterocycles. The summed E-state index contributed by atoms with van der Waals surface area (Å²) in [6.45, 7) is 6.82. The Hall–Kier alpha value is -2.63. The van der Waals surface area contributed by atoms with Crippen molar-refractivity contribution >= 4 is 17.7 Å². The maximum Gasteiger partial charge on any atom is 0.259 e. The summed E-state index contributed by atoms with van der Waals surface area (Å²) < 4.78 is 17.9. The van der Waals surface area contributed by atoms with Gasteiger partial charge in [0.25, 0.3) is 5.91 Å². The second-order valence-electron chi connectivity index (χ2n) is 10.7. The van der Waals surface area contributed by atoms with Gasteiger partial charge in [0.15, 0.2) is 6.10 Å². The number of rotatable bonds is 7. The van der Waals surface area contributed by atoms with Crippen molar-refractivity contribution in [3.63, 3.8) is 0 Å². The van der Waals surface area contributed by atoms with Gasteiger partial charge in [0.05, 0.1) is 24.9 Å². The van der Waals surface area contributed by atoms with Crippen LogP contribution in [0.4, 0.5) is 5.69 Å². The number of hydrogen-bond donors (Lipinski definition) is 0. The molecule has 3 fully saturated rings. The lowest BCUT2D eigenvalue weighted by Gasteiger charge is -2.49. The number of hydrogen-bond acceptors (Lipinski definition) is 4. The Balaban J connectivity index is 1.40. The first-order valence-electron chi connectivity index (χ1n) is 12.2. The van der Waals surface area contributed by atoms with Gasteiger partial charge in [0.1, 0.15) is 5.75 Å². The molecular weight excluding hydrogens is 426 g/mol. The van der Waals surface area contributed by atoms with E-state index in [1.165, 1.54) is 0 Å². The van der Waals surface area contributed by atoms with Crippen molar-refractivity contribution in [2.24, 2.45) is 17.3 Å². The van der Waals surface area contributed by atoms with Crippen LogP contribution in [0.3, 0.4) is 0 Å². The molecule has 2 aromatic rings. The number of carbonyl (C=O) groups excluding carboxylic acids is 1. The van der Waals surface area contributed by atoms with Crippen LogP contribution in [0.25, 0.3) is 6.08 Å². The monoisotopic (exact) mass is 461 g/mol. The number of fused-ring (bicyclic) bond motifs is 1. The van der Waals surface area contributed by atoms with Crippen molar-refractivity contribution in [3.05, 3.63) is 66.2 Å². The molecule has 1 saturated heterocycles. The van der Waals surface area contributed by atoms with Crippen LogP contribution in [-0.4, -0.2) is 44.0 Å². The minimum absolute atomic E-state index is 0.0106. The van der Waals surface area contributed by atoms with E-state index in [2.05, 4.69) is 45.1 Å². The number of nitrogens with zero attached hydrogens (tertiary/aromatic N) is 1. The van der Waals surface area contributed by atoms with E-state index in [1.807, 2.05) is 47.4 Å². The molecule has 5 heteroatoms. The summed E-state index contributed by atoms with van der Waals surface area (Å²) in [4.78, 5) is 15.2. The Morgan fingerprint density at radius 2 is 1.68 bits per heavy atom. The maximum atomic E-state index is 13.4. The Bertz CT molecular complexity index is 1060. The van der Waals surface area contributed by atoms with Crippen molar-refractivity contribution < 1.29 is 19.0 Å². The third kappa shape index (κ3) is 3.85. The molecule has 0 radical (unpaired) electrons. The minimum atomic E-state index is -0.528. The van der Waals surface area contributed by atoms with E-state index in [0.717, 1.165) is 29.8 Å². The first-order valence-corrected chi connectivity index (χ1v) is 12.2. The Morgan fingerprint density at radius 1 is 0.971 bits per heavy atom. The molecule has 0 unspecified atom stereocenters. The number of ether oxygens (including phenoxy) is 3. The number of benzene rings is 2. The molecule has 5 rings (SSSR count). The molecule has 0 aromatic heterocycles. The van der Waals surface area contributed by atoms with Crippen molar-refractivity contribution in [1.82, 2.24) is 0 Å². The molecule has 1 aliphatic heterocycles. The number of carbonyl (C=O) groups is 1. The summed E-state index contributed by atoms with van der Waals surface area (Å²) in [5.41, 5.74) is 1.87. The summed E-state index contributed by atoms with van der Waals surface area (Å²) in [7, 11) is 3.41. The third-order valence-corrected chi connectivity index (χ3v) is 8.56. The number of anilines is 1. The summed E-state index contributed by atoms with van der Waals surface area (Å²) in [6.07, 6.45) is 5.42. The van der Waals surface area contributed by atoms with Crippen LogP contribution in [0.5, 0.6) is 5.75 Å². The Labute approximate surface area is 202 Å². The van der Waals surface area contributed by atoms with Crippen molar-refractivity contribution in [1.29, 1.82) is 0 Å². The van der Waals surface area contributed by atoms with E-state index in [0.29, 0.717) is 17.3 Å². The highest BCUT2D eigenvalue weighted by atomic mass is 16.6. The molecule has 5 nitrogen and oxygen atoms in total. The number of methoxy groups -OCH3 is 2.